The van der Waals surface area contributed by atoms with Crippen molar-refractivity contribution in [3.05, 3.63) is 64.7 Å². The number of nitrogen functional groups attached to an aromatic ring is 1. The predicted octanol–water partition coefficient (Wildman–Crippen LogP) is 2.78. The fourth-order valence-electron chi connectivity index (χ4n) is 1.54. The molecule has 0 aliphatic rings. The number of benzene rings is 2. The van der Waals surface area contributed by atoms with E-state index in [1.54, 1.807) is 12.1 Å². The summed E-state index contributed by atoms with van der Waals surface area (Å²) in [7, 11) is 0. The van der Waals surface area contributed by atoms with Crippen molar-refractivity contribution in [2.75, 3.05) is 5.73 Å². The molecule has 2 aromatic rings. The molecular formula is C14H13ClN2O2. The molecule has 0 fully saturated rings. The number of carbonyl (C=O) groups is 1. The number of halogens is 1. The van der Waals surface area contributed by atoms with E-state index in [1.807, 2.05) is 30.3 Å². The van der Waals surface area contributed by atoms with E-state index < -0.39 is 5.91 Å². The third kappa shape index (κ3) is 3.71. The van der Waals surface area contributed by atoms with Crippen LogP contribution in [0.3, 0.4) is 0 Å². The van der Waals surface area contributed by atoms with Crippen LogP contribution in [0, 0.1) is 0 Å². The molecule has 98 valence electrons. The largest absolute Gasteiger partial charge is 0.398 e. The van der Waals surface area contributed by atoms with Gasteiger partial charge in [-0.15, -0.1) is 0 Å². The molecule has 2 rings (SSSR count). The van der Waals surface area contributed by atoms with Gasteiger partial charge in [0, 0.05) is 10.7 Å². The van der Waals surface area contributed by atoms with Crippen molar-refractivity contribution >= 4 is 23.2 Å². The Morgan fingerprint density at radius 1 is 1.21 bits per heavy atom. The summed E-state index contributed by atoms with van der Waals surface area (Å²) in [6, 6.07) is 14.2. The van der Waals surface area contributed by atoms with Gasteiger partial charge in [-0.1, -0.05) is 41.9 Å². The van der Waals surface area contributed by atoms with Crippen molar-refractivity contribution in [3.8, 4) is 0 Å². The third-order valence-electron chi connectivity index (χ3n) is 2.51. The molecule has 5 heteroatoms. The lowest BCUT2D eigenvalue weighted by atomic mass is 10.2. The minimum absolute atomic E-state index is 0.285. The van der Waals surface area contributed by atoms with Crippen LogP contribution in [0.4, 0.5) is 5.69 Å². The first-order valence-corrected chi connectivity index (χ1v) is 6.05. The van der Waals surface area contributed by atoms with E-state index in [1.165, 1.54) is 6.07 Å². The van der Waals surface area contributed by atoms with Gasteiger partial charge in [0.1, 0.15) is 0 Å². The number of amides is 1. The van der Waals surface area contributed by atoms with Crippen LogP contribution < -0.4 is 11.2 Å². The average Bonchev–Trinajstić information content (AvgIpc) is 2.42. The van der Waals surface area contributed by atoms with E-state index in [2.05, 4.69) is 5.48 Å². The summed E-state index contributed by atoms with van der Waals surface area (Å²) < 4.78 is 0. The highest BCUT2D eigenvalue weighted by atomic mass is 35.5. The molecule has 0 aliphatic heterocycles. The van der Waals surface area contributed by atoms with Gasteiger partial charge in [-0.2, -0.15) is 0 Å². The Labute approximate surface area is 116 Å². The van der Waals surface area contributed by atoms with Crippen LogP contribution in [0.15, 0.2) is 48.5 Å². The molecule has 0 heterocycles. The van der Waals surface area contributed by atoms with Gasteiger partial charge in [0.15, 0.2) is 0 Å². The lowest BCUT2D eigenvalue weighted by Gasteiger charge is -2.08. The molecule has 0 saturated heterocycles. The van der Waals surface area contributed by atoms with E-state index in [-0.39, 0.29) is 6.61 Å². The Balaban J connectivity index is 1.93. The molecule has 3 N–H and O–H groups in total. The minimum atomic E-state index is -0.420. The zero-order chi connectivity index (χ0) is 13.7. The second kappa shape index (κ2) is 6.22. The highest BCUT2D eigenvalue weighted by Crippen LogP contribution is 2.17. The highest BCUT2D eigenvalue weighted by Gasteiger charge is 2.10. The first-order valence-electron chi connectivity index (χ1n) is 5.68. The second-order valence-corrected chi connectivity index (χ2v) is 4.37. The van der Waals surface area contributed by atoms with Gasteiger partial charge >= 0.3 is 0 Å². The monoisotopic (exact) mass is 276 g/mol. The number of carbonyl (C=O) groups excluding carboxylic acids is 1. The number of rotatable bonds is 4. The molecule has 0 aliphatic carbocycles. The van der Waals surface area contributed by atoms with Crippen molar-refractivity contribution in [1.82, 2.24) is 5.48 Å². The normalized spacial score (nSPS) is 10.2. The standard InChI is InChI=1S/C14H13ClN2O2/c15-11-6-7-13(16)12(8-11)14(18)17-19-9-10-4-2-1-3-5-10/h1-8H,9,16H2,(H,17,18). The Morgan fingerprint density at radius 3 is 2.68 bits per heavy atom. The number of hydrogen-bond donors (Lipinski definition) is 2. The predicted molar refractivity (Wildman–Crippen MR) is 74.6 cm³/mol. The van der Waals surface area contributed by atoms with E-state index in [0.717, 1.165) is 5.56 Å². The summed E-state index contributed by atoms with van der Waals surface area (Å²) in [5.74, 6) is -0.420. The van der Waals surface area contributed by atoms with Crippen LogP contribution in [0.5, 0.6) is 0 Å². The van der Waals surface area contributed by atoms with Crippen molar-refractivity contribution in [3.63, 3.8) is 0 Å². The van der Waals surface area contributed by atoms with Crippen LogP contribution in [-0.2, 0) is 11.4 Å². The molecule has 0 aromatic heterocycles. The molecule has 4 nitrogen and oxygen atoms in total. The van der Waals surface area contributed by atoms with Crippen LogP contribution >= 0.6 is 11.6 Å². The van der Waals surface area contributed by atoms with Crippen LogP contribution in [-0.4, -0.2) is 5.91 Å². The summed E-state index contributed by atoms with van der Waals surface area (Å²) in [6.07, 6.45) is 0. The number of hydrogen-bond acceptors (Lipinski definition) is 3. The number of nitrogens with one attached hydrogen (secondary N) is 1. The van der Waals surface area contributed by atoms with Crippen LogP contribution in [0.25, 0.3) is 0 Å². The Kier molecular flexibility index (Phi) is 4.39. The Hall–Kier alpha value is -2.04. The van der Waals surface area contributed by atoms with E-state index in [4.69, 9.17) is 22.2 Å². The molecule has 19 heavy (non-hydrogen) atoms. The zero-order valence-electron chi connectivity index (χ0n) is 10.1. The van der Waals surface area contributed by atoms with Gasteiger partial charge in [-0.05, 0) is 23.8 Å². The van der Waals surface area contributed by atoms with Gasteiger partial charge in [-0.3, -0.25) is 9.63 Å². The smallest absolute Gasteiger partial charge is 0.276 e. The van der Waals surface area contributed by atoms with E-state index >= 15 is 0 Å². The fraction of sp³-hybridized carbons (Fsp3) is 0.0714. The molecule has 0 spiro atoms. The maximum absolute atomic E-state index is 11.8. The molecule has 0 unspecified atom stereocenters. The maximum atomic E-state index is 11.8. The second-order valence-electron chi connectivity index (χ2n) is 3.94. The van der Waals surface area contributed by atoms with Crippen molar-refractivity contribution in [2.24, 2.45) is 0 Å². The third-order valence-corrected chi connectivity index (χ3v) is 2.74. The van der Waals surface area contributed by atoms with Crippen LogP contribution in [0.1, 0.15) is 15.9 Å². The lowest BCUT2D eigenvalue weighted by Crippen LogP contribution is -2.24. The summed E-state index contributed by atoms with van der Waals surface area (Å²) in [6.45, 7) is 0.285. The summed E-state index contributed by atoms with van der Waals surface area (Å²) in [5.41, 5.74) is 9.64. The topological polar surface area (TPSA) is 64.4 Å². The number of nitrogens with two attached hydrogens (primary N) is 1. The molecule has 1 amide bonds. The van der Waals surface area contributed by atoms with Gasteiger partial charge < -0.3 is 5.73 Å². The SMILES string of the molecule is Nc1ccc(Cl)cc1C(=O)NOCc1ccccc1. The van der Waals surface area contributed by atoms with Gasteiger partial charge in [-0.25, -0.2) is 5.48 Å². The van der Waals surface area contributed by atoms with Crippen molar-refractivity contribution in [2.45, 2.75) is 6.61 Å². The van der Waals surface area contributed by atoms with Gasteiger partial charge in [0.05, 0.1) is 12.2 Å². The zero-order valence-corrected chi connectivity index (χ0v) is 10.9. The van der Waals surface area contributed by atoms with Gasteiger partial charge in [0.25, 0.3) is 5.91 Å². The van der Waals surface area contributed by atoms with E-state index in [0.29, 0.717) is 16.3 Å². The summed E-state index contributed by atoms with van der Waals surface area (Å²) in [4.78, 5) is 17.0. The number of hydroxylamine groups is 1. The first kappa shape index (κ1) is 13.4. The van der Waals surface area contributed by atoms with Crippen molar-refractivity contribution in [1.29, 1.82) is 0 Å². The first-order chi connectivity index (χ1) is 9.16. The Morgan fingerprint density at radius 2 is 1.95 bits per heavy atom. The summed E-state index contributed by atoms with van der Waals surface area (Å²) >= 11 is 5.81. The van der Waals surface area contributed by atoms with Gasteiger partial charge in [0.2, 0.25) is 0 Å². The molecule has 2 aromatic carbocycles. The highest BCUT2D eigenvalue weighted by molar-refractivity contribution is 6.31. The molecule has 0 radical (unpaired) electrons. The summed E-state index contributed by atoms with van der Waals surface area (Å²) in [5, 5.41) is 0.447. The Bertz CT molecular complexity index is 573. The molecule has 0 atom stereocenters. The van der Waals surface area contributed by atoms with E-state index in [9.17, 15) is 4.79 Å². The maximum Gasteiger partial charge on any atom is 0.276 e. The quantitative estimate of drug-likeness (QED) is 0.667. The van der Waals surface area contributed by atoms with Crippen LogP contribution in [0.2, 0.25) is 5.02 Å². The average molecular weight is 277 g/mol. The minimum Gasteiger partial charge on any atom is -0.398 e. The molecule has 0 saturated carbocycles. The molecule has 0 bridgehead atoms. The lowest BCUT2D eigenvalue weighted by molar-refractivity contribution is 0.0234. The fourth-order valence-corrected chi connectivity index (χ4v) is 1.71. The van der Waals surface area contributed by atoms with Crippen molar-refractivity contribution < 1.29 is 9.63 Å². The molecular weight excluding hydrogens is 264 g/mol. The number of anilines is 1.